The Morgan fingerprint density at radius 2 is 1.92 bits per heavy atom. The number of aryl methyl sites for hydroxylation is 1. The Morgan fingerprint density at radius 3 is 2.72 bits per heavy atom. The van der Waals surface area contributed by atoms with Gasteiger partial charge < -0.3 is 10.2 Å². The van der Waals surface area contributed by atoms with Gasteiger partial charge in [-0.2, -0.15) is 9.49 Å². The summed E-state index contributed by atoms with van der Waals surface area (Å²) >= 11 is 0. The maximum atomic E-state index is 14.3. The second kappa shape index (κ2) is 10.2. The first kappa shape index (κ1) is 23.6. The highest BCUT2D eigenvalue weighted by atomic mass is 19.1. The van der Waals surface area contributed by atoms with Crippen LogP contribution in [0.15, 0.2) is 55.0 Å². The second-order valence-corrected chi connectivity index (χ2v) is 8.92. The van der Waals surface area contributed by atoms with Crippen molar-refractivity contribution in [3.63, 3.8) is 0 Å². The van der Waals surface area contributed by atoms with Gasteiger partial charge in [0.05, 0.1) is 17.3 Å². The lowest BCUT2D eigenvalue weighted by atomic mass is 10.1. The average molecular weight is 484 g/mol. The van der Waals surface area contributed by atoms with Gasteiger partial charge in [-0.05, 0) is 61.4 Å². The number of fused-ring (bicyclic) bond motifs is 1. The van der Waals surface area contributed by atoms with E-state index >= 15 is 0 Å². The molecule has 1 aliphatic heterocycles. The number of imidazole rings is 1. The molecule has 0 spiro atoms. The lowest BCUT2D eigenvalue weighted by Gasteiger charge is -2.32. The van der Waals surface area contributed by atoms with Crippen molar-refractivity contribution in [1.29, 1.82) is 0 Å². The van der Waals surface area contributed by atoms with Crippen molar-refractivity contribution in [2.45, 2.75) is 13.5 Å². The van der Waals surface area contributed by atoms with Crippen LogP contribution in [0.5, 0.6) is 0 Å². The first-order chi connectivity index (χ1) is 17.5. The molecule has 182 valence electrons. The maximum absolute atomic E-state index is 14.3. The number of amides is 1. The van der Waals surface area contributed by atoms with E-state index in [9.17, 15) is 9.18 Å². The molecule has 8 nitrogen and oxygen atoms in total. The van der Waals surface area contributed by atoms with Crippen molar-refractivity contribution < 1.29 is 9.18 Å². The lowest BCUT2D eigenvalue weighted by molar-refractivity contribution is 0.102. The largest absolute Gasteiger partial charge is 0.322 e. The first-order valence-corrected chi connectivity index (χ1v) is 11.7. The van der Waals surface area contributed by atoms with Gasteiger partial charge in [-0.15, -0.1) is 0 Å². The zero-order valence-corrected chi connectivity index (χ0v) is 20.2. The standard InChI is InChI=1S/C27H26FN7O/c1-19-14-23(7-5-21(19)18-34-12-10-33(2)11-13-34)32-27(36)22-15-20(26(28)30-16-22)6-8-24-17-29-25-4-3-9-31-35(24)25/h3-5,7,9,14-17H,10-13,18H2,1-2H3,(H,32,36). The summed E-state index contributed by atoms with van der Waals surface area (Å²) in [5.41, 5.74) is 4.40. The molecule has 0 atom stereocenters. The molecule has 3 aromatic heterocycles. The third kappa shape index (κ3) is 5.25. The van der Waals surface area contributed by atoms with E-state index in [4.69, 9.17) is 0 Å². The number of carbonyl (C=O) groups is 1. The Labute approximate surface area is 208 Å². The number of likely N-dealkylation sites (N-methyl/N-ethyl adjacent to an activating group) is 1. The number of nitrogens with zero attached hydrogens (tertiary/aromatic N) is 6. The predicted octanol–water partition coefficient (Wildman–Crippen LogP) is 2.97. The summed E-state index contributed by atoms with van der Waals surface area (Å²) in [6.45, 7) is 7.17. The summed E-state index contributed by atoms with van der Waals surface area (Å²) in [5, 5.41) is 7.07. The maximum Gasteiger partial charge on any atom is 0.257 e. The summed E-state index contributed by atoms with van der Waals surface area (Å²) in [7, 11) is 2.14. The Balaban J connectivity index is 1.29. The number of nitrogens with one attached hydrogen (secondary N) is 1. The molecule has 0 saturated carbocycles. The van der Waals surface area contributed by atoms with Gasteiger partial charge in [0.15, 0.2) is 5.65 Å². The summed E-state index contributed by atoms with van der Waals surface area (Å²) in [6, 6.07) is 10.9. The molecule has 0 aliphatic carbocycles. The van der Waals surface area contributed by atoms with Crippen LogP contribution in [0.2, 0.25) is 0 Å². The van der Waals surface area contributed by atoms with Crippen LogP contribution in [-0.4, -0.2) is 68.5 Å². The van der Waals surface area contributed by atoms with Crippen molar-refractivity contribution in [1.82, 2.24) is 29.4 Å². The van der Waals surface area contributed by atoms with Crippen LogP contribution in [-0.2, 0) is 6.54 Å². The first-order valence-electron chi connectivity index (χ1n) is 11.7. The Kier molecular flexibility index (Phi) is 6.71. The summed E-state index contributed by atoms with van der Waals surface area (Å²) in [5.74, 6) is 4.48. The topological polar surface area (TPSA) is 78.7 Å². The summed E-state index contributed by atoms with van der Waals surface area (Å²) in [4.78, 5) is 25.6. The molecule has 1 aromatic carbocycles. The molecule has 1 N–H and O–H groups in total. The van der Waals surface area contributed by atoms with Crippen LogP contribution in [0.25, 0.3) is 5.65 Å². The van der Waals surface area contributed by atoms with Gasteiger partial charge in [-0.1, -0.05) is 12.0 Å². The molecule has 0 bridgehead atoms. The molecular weight excluding hydrogens is 457 g/mol. The van der Waals surface area contributed by atoms with Crippen LogP contribution >= 0.6 is 0 Å². The van der Waals surface area contributed by atoms with Crippen LogP contribution < -0.4 is 5.32 Å². The normalized spacial score (nSPS) is 14.4. The minimum Gasteiger partial charge on any atom is -0.322 e. The van der Waals surface area contributed by atoms with Crippen LogP contribution in [0.3, 0.4) is 0 Å². The molecule has 4 aromatic rings. The predicted molar refractivity (Wildman–Crippen MR) is 135 cm³/mol. The Hall–Kier alpha value is -4.13. The van der Waals surface area contributed by atoms with Crippen LogP contribution in [0.4, 0.5) is 10.1 Å². The van der Waals surface area contributed by atoms with Gasteiger partial charge in [-0.3, -0.25) is 9.69 Å². The molecule has 0 unspecified atom stereocenters. The Bertz CT molecular complexity index is 1480. The molecule has 4 heterocycles. The summed E-state index contributed by atoms with van der Waals surface area (Å²) in [6.07, 6.45) is 4.39. The highest BCUT2D eigenvalue weighted by Crippen LogP contribution is 2.19. The van der Waals surface area contributed by atoms with Crippen molar-refractivity contribution in [3.05, 3.63) is 88.9 Å². The number of piperazine rings is 1. The van der Waals surface area contributed by atoms with Gasteiger partial charge in [0.1, 0.15) is 5.69 Å². The van der Waals surface area contributed by atoms with E-state index in [-0.39, 0.29) is 17.0 Å². The highest BCUT2D eigenvalue weighted by molar-refractivity contribution is 6.04. The number of hydrogen-bond acceptors (Lipinski definition) is 6. The van der Waals surface area contributed by atoms with Gasteiger partial charge >= 0.3 is 0 Å². The van der Waals surface area contributed by atoms with Crippen molar-refractivity contribution in [3.8, 4) is 11.8 Å². The van der Waals surface area contributed by atoms with Crippen LogP contribution in [0.1, 0.15) is 32.7 Å². The monoisotopic (exact) mass is 483 g/mol. The van der Waals surface area contributed by atoms with E-state index in [0.717, 1.165) is 38.3 Å². The zero-order chi connectivity index (χ0) is 25.1. The second-order valence-electron chi connectivity index (χ2n) is 8.92. The molecule has 1 amide bonds. The summed E-state index contributed by atoms with van der Waals surface area (Å²) < 4.78 is 15.9. The molecule has 1 aliphatic rings. The molecule has 36 heavy (non-hydrogen) atoms. The minimum absolute atomic E-state index is 0.0206. The van der Waals surface area contributed by atoms with Crippen LogP contribution in [0, 0.1) is 24.7 Å². The molecule has 1 fully saturated rings. The van der Waals surface area contributed by atoms with Gasteiger partial charge in [0.25, 0.3) is 5.91 Å². The minimum atomic E-state index is -0.745. The third-order valence-corrected chi connectivity index (χ3v) is 6.29. The number of benzene rings is 1. The number of halogens is 1. The molecule has 0 radical (unpaired) electrons. The van der Waals surface area contributed by atoms with E-state index in [1.54, 1.807) is 29.0 Å². The van der Waals surface area contributed by atoms with E-state index in [1.807, 2.05) is 25.1 Å². The van der Waals surface area contributed by atoms with Crippen molar-refractivity contribution in [2.75, 3.05) is 38.5 Å². The molecular formula is C27H26FN7O. The number of hydrogen-bond donors (Lipinski definition) is 1. The molecule has 9 heteroatoms. The zero-order valence-electron chi connectivity index (χ0n) is 20.2. The van der Waals surface area contributed by atoms with Crippen molar-refractivity contribution >= 4 is 17.2 Å². The van der Waals surface area contributed by atoms with Gasteiger partial charge in [0, 0.05) is 50.8 Å². The highest BCUT2D eigenvalue weighted by Gasteiger charge is 2.16. The fourth-order valence-electron chi connectivity index (χ4n) is 4.11. The SMILES string of the molecule is Cc1cc(NC(=O)c2cnc(F)c(C#Cc3cnc4cccnn34)c2)ccc1CN1CCN(C)CC1. The van der Waals surface area contributed by atoms with E-state index < -0.39 is 5.95 Å². The number of carbonyl (C=O) groups excluding carboxylic acids is 1. The Morgan fingerprint density at radius 1 is 1.08 bits per heavy atom. The van der Waals surface area contributed by atoms with Gasteiger partial charge in [-0.25, -0.2) is 14.5 Å². The van der Waals surface area contributed by atoms with E-state index in [1.165, 1.54) is 17.8 Å². The fraction of sp³-hybridized carbons (Fsp3) is 0.259. The van der Waals surface area contributed by atoms with Crippen molar-refractivity contribution in [2.24, 2.45) is 0 Å². The number of anilines is 1. The number of aromatic nitrogens is 4. The average Bonchev–Trinajstić information content (AvgIpc) is 3.29. The van der Waals surface area contributed by atoms with E-state index in [2.05, 4.69) is 49.1 Å². The molecule has 5 rings (SSSR count). The number of rotatable bonds is 4. The third-order valence-electron chi connectivity index (χ3n) is 6.29. The quantitative estimate of drug-likeness (QED) is 0.355. The number of pyridine rings is 1. The lowest BCUT2D eigenvalue weighted by Crippen LogP contribution is -2.43. The fourth-order valence-corrected chi connectivity index (χ4v) is 4.11. The smallest absolute Gasteiger partial charge is 0.257 e. The van der Waals surface area contributed by atoms with E-state index in [0.29, 0.717) is 17.0 Å². The van der Waals surface area contributed by atoms with Gasteiger partial charge in [0.2, 0.25) is 5.95 Å². The molecule has 1 saturated heterocycles.